The second kappa shape index (κ2) is 2.64. The van der Waals surface area contributed by atoms with E-state index in [-0.39, 0.29) is 31.8 Å². The predicted molar refractivity (Wildman–Crippen MR) is 44.1 cm³/mol. The second-order valence-corrected chi connectivity index (χ2v) is 3.77. The molecule has 2 N–H and O–H groups in total. The number of carbonyl (C=O) groups is 1. The van der Waals surface area contributed by atoms with E-state index in [1.165, 1.54) is 0 Å². The first-order chi connectivity index (χ1) is 6.14. The van der Waals surface area contributed by atoms with Gasteiger partial charge in [-0.15, -0.1) is 0 Å². The zero-order chi connectivity index (χ0) is 9.53. The van der Waals surface area contributed by atoms with Crippen molar-refractivity contribution in [2.24, 2.45) is 0 Å². The van der Waals surface area contributed by atoms with Crippen LogP contribution in [0, 0.1) is 0 Å². The van der Waals surface area contributed by atoms with Crippen molar-refractivity contribution in [3.63, 3.8) is 0 Å². The fourth-order valence-electron chi connectivity index (χ4n) is 1.98. The van der Waals surface area contributed by atoms with Gasteiger partial charge < -0.3 is 14.9 Å². The first kappa shape index (κ1) is 8.87. The van der Waals surface area contributed by atoms with E-state index >= 15 is 0 Å². The summed E-state index contributed by atoms with van der Waals surface area (Å²) in [5.74, 6) is 0.0272. The summed E-state index contributed by atoms with van der Waals surface area (Å²) in [7, 11) is 0. The average Bonchev–Trinajstić information content (AvgIpc) is 2.41. The molecular formula is C9H12O4. The Balaban J connectivity index is 2.30. The van der Waals surface area contributed by atoms with E-state index < -0.39 is 11.2 Å². The molecule has 2 rings (SSSR count). The van der Waals surface area contributed by atoms with Gasteiger partial charge in [-0.25, -0.2) is 0 Å². The Hall–Kier alpha value is -0.710. The lowest BCUT2D eigenvalue weighted by atomic mass is 9.91. The van der Waals surface area contributed by atoms with Crippen LogP contribution >= 0.6 is 0 Å². The molecule has 1 saturated heterocycles. The predicted octanol–water partition coefficient (Wildman–Crippen LogP) is -0.602. The van der Waals surface area contributed by atoms with Crippen LogP contribution in [-0.2, 0) is 9.53 Å². The van der Waals surface area contributed by atoms with Crippen LogP contribution in [0.3, 0.4) is 0 Å². The van der Waals surface area contributed by atoms with Crippen LogP contribution in [0.2, 0.25) is 0 Å². The van der Waals surface area contributed by atoms with Crippen molar-refractivity contribution >= 4 is 5.78 Å². The molecule has 2 atom stereocenters. The SMILES string of the molecule is O=C1C[C@@]2(CO)C=C[C@@](CO)(C1)O2. The van der Waals surface area contributed by atoms with Crippen molar-refractivity contribution in [2.45, 2.75) is 24.0 Å². The van der Waals surface area contributed by atoms with Gasteiger partial charge in [0.25, 0.3) is 0 Å². The van der Waals surface area contributed by atoms with Gasteiger partial charge in [-0.3, -0.25) is 4.79 Å². The molecule has 0 aromatic heterocycles. The van der Waals surface area contributed by atoms with Crippen LogP contribution < -0.4 is 0 Å². The number of hydrogen-bond acceptors (Lipinski definition) is 4. The molecule has 0 amide bonds. The molecule has 0 radical (unpaired) electrons. The van der Waals surface area contributed by atoms with Crippen LogP contribution in [0.5, 0.6) is 0 Å². The monoisotopic (exact) mass is 184 g/mol. The minimum atomic E-state index is -0.863. The minimum absolute atomic E-state index is 0.0272. The number of ether oxygens (including phenoxy) is 1. The molecule has 0 spiro atoms. The van der Waals surface area contributed by atoms with Crippen LogP contribution in [0.1, 0.15) is 12.8 Å². The molecule has 0 aromatic rings. The van der Waals surface area contributed by atoms with E-state index in [0.717, 1.165) is 0 Å². The van der Waals surface area contributed by atoms with E-state index in [4.69, 9.17) is 14.9 Å². The molecule has 4 nitrogen and oxygen atoms in total. The summed E-state index contributed by atoms with van der Waals surface area (Å²) in [4.78, 5) is 11.3. The fraction of sp³-hybridized carbons (Fsp3) is 0.667. The van der Waals surface area contributed by atoms with Gasteiger partial charge >= 0.3 is 0 Å². The zero-order valence-electron chi connectivity index (χ0n) is 7.19. The Morgan fingerprint density at radius 2 is 1.69 bits per heavy atom. The third-order valence-electron chi connectivity index (χ3n) is 2.63. The highest BCUT2D eigenvalue weighted by atomic mass is 16.5. The van der Waals surface area contributed by atoms with Crippen molar-refractivity contribution in [1.29, 1.82) is 0 Å². The van der Waals surface area contributed by atoms with Crippen molar-refractivity contribution in [3.8, 4) is 0 Å². The summed E-state index contributed by atoms with van der Waals surface area (Å²) in [5, 5.41) is 18.2. The van der Waals surface area contributed by atoms with Crippen LogP contribution in [0.4, 0.5) is 0 Å². The molecule has 4 heteroatoms. The molecule has 0 unspecified atom stereocenters. The molecule has 0 aromatic carbocycles. The third-order valence-corrected chi connectivity index (χ3v) is 2.63. The van der Waals surface area contributed by atoms with Gasteiger partial charge in [0, 0.05) is 12.8 Å². The molecule has 1 fully saturated rings. The number of aliphatic hydroxyl groups excluding tert-OH is 2. The maximum atomic E-state index is 11.3. The highest BCUT2D eigenvalue weighted by molar-refractivity contribution is 5.83. The zero-order valence-corrected chi connectivity index (χ0v) is 7.19. The van der Waals surface area contributed by atoms with Crippen molar-refractivity contribution in [3.05, 3.63) is 12.2 Å². The highest BCUT2D eigenvalue weighted by Gasteiger charge is 2.50. The number of fused-ring (bicyclic) bond motifs is 2. The summed E-state index contributed by atoms with van der Waals surface area (Å²) in [6.45, 7) is -0.423. The lowest BCUT2D eigenvalue weighted by Crippen LogP contribution is -2.49. The first-order valence-corrected chi connectivity index (χ1v) is 4.28. The topological polar surface area (TPSA) is 66.8 Å². The normalized spacial score (nSPS) is 42.8. The molecule has 2 aliphatic rings. The van der Waals surface area contributed by atoms with E-state index in [2.05, 4.69) is 0 Å². The number of ketones is 1. The molecule has 13 heavy (non-hydrogen) atoms. The standard InChI is InChI=1S/C9H12O4/c10-5-8-1-2-9(6-11,13-8)4-7(12)3-8/h1-2,10-11H,3-6H2/t8-,9+. The number of aliphatic hydroxyl groups is 2. The molecule has 2 aliphatic heterocycles. The molecule has 2 heterocycles. The van der Waals surface area contributed by atoms with E-state index in [1.807, 2.05) is 0 Å². The lowest BCUT2D eigenvalue weighted by molar-refractivity contribution is -0.170. The molecule has 0 aliphatic carbocycles. The minimum Gasteiger partial charge on any atom is -0.393 e. The number of hydrogen-bond donors (Lipinski definition) is 2. The Morgan fingerprint density at radius 1 is 1.23 bits per heavy atom. The fourth-order valence-corrected chi connectivity index (χ4v) is 1.98. The van der Waals surface area contributed by atoms with Gasteiger partial charge in [-0.2, -0.15) is 0 Å². The van der Waals surface area contributed by atoms with Crippen molar-refractivity contribution in [1.82, 2.24) is 0 Å². The number of rotatable bonds is 2. The van der Waals surface area contributed by atoms with Gasteiger partial charge in [0.15, 0.2) is 0 Å². The van der Waals surface area contributed by atoms with Gasteiger partial charge in [0.05, 0.1) is 13.2 Å². The molecular weight excluding hydrogens is 172 g/mol. The van der Waals surface area contributed by atoms with E-state index in [0.29, 0.717) is 0 Å². The van der Waals surface area contributed by atoms with Crippen molar-refractivity contribution in [2.75, 3.05) is 13.2 Å². The summed E-state index contributed by atoms with van der Waals surface area (Å²) >= 11 is 0. The summed E-state index contributed by atoms with van der Waals surface area (Å²) in [6.07, 6.45) is 3.80. The quantitative estimate of drug-likeness (QED) is 0.562. The Morgan fingerprint density at radius 3 is 2.08 bits per heavy atom. The van der Waals surface area contributed by atoms with Crippen LogP contribution in [0.25, 0.3) is 0 Å². The van der Waals surface area contributed by atoms with Gasteiger partial charge in [0.2, 0.25) is 0 Å². The molecule has 0 saturated carbocycles. The number of Topliss-reactive ketones (excluding diaryl/α,β-unsaturated/α-hetero) is 1. The highest BCUT2D eigenvalue weighted by Crippen LogP contribution is 2.40. The van der Waals surface area contributed by atoms with Gasteiger partial charge in [0.1, 0.15) is 17.0 Å². The largest absolute Gasteiger partial charge is 0.393 e. The number of carbonyl (C=O) groups excluding carboxylic acids is 1. The maximum absolute atomic E-state index is 11.3. The summed E-state index contributed by atoms with van der Waals surface area (Å²) in [6, 6.07) is 0. The maximum Gasteiger partial charge on any atom is 0.139 e. The smallest absolute Gasteiger partial charge is 0.139 e. The van der Waals surface area contributed by atoms with Crippen LogP contribution in [-0.4, -0.2) is 40.4 Å². The Kier molecular flexibility index (Phi) is 1.80. The summed E-state index contributed by atoms with van der Waals surface area (Å²) in [5.41, 5.74) is -1.73. The molecule has 2 bridgehead atoms. The first-order valence-electron chi connectivity index (χ1n) is 4.28. The third kappa shape index (κ3) is 1.22. The summed E-state index contributed by atoms with van der Waals surface area (Å²) < 4.78 is 5.51. The van der Waals surface area contributed by atoms with Gasteiger partial charge in [-0.05, 0) is 0 Å². The second-order valence-electron chi connectivity index (χ2n) is 3.77. The van der Waals surface area contributed by atoms with Crippen LogP contribution in [0.15, 0.2) is 12.2 Å². The lowest BCUT2D eigenvalue weighted by Gasteiger charge is -2.37. The Bertz CT molecular complexity index is 249. The average molecular weight is 184 g/mol. The molecule has 72 valence electrons. The van der Waals surface area contributed by atoms with Gasteiger partial charge in [-0.1, -0.05) is 12.2 Å². The van der Waals surface area contributed by atoms with E-state index in [9.17, 15) is 4.79 Å². The van der Waals surface area contributed by atoms with E-state index in [1.54, 1.807) is 12.2 Å². The Labute approximate surface area is 75.8 Å². The van der Waals surface area contributed by atoms with Crippen molar-refractivity contribution < 1.29 is 19.7 Å².